The van der Waals surface area contributed by atoms with Crippen molar-refractivity contribution in [3.8, 4) is 0 Å². The van der Waals surface area contributed by atoms with Crippen molar-refractivity contribution in [3.63, 3.8) is 0 Å². The molecule has 2 fully saturated rings. The Bertz CT molecular complexity index is 1080. The van der Waals surface area contributed by atoms with Gasteiger partial charge in [0.15, 0.2) is 0 Å². The van der Waals surface area contributed by atoms with Crippen LogP contribution in [-0.2, 0) is 9.63 Å². The number of piperidine rings is 1. The van der Waals surface area contributed by atoms with Crippen molar-refractivity contribution >= 4 is 28.6 Å². The lowest BCUT2D eigenvalue weighted by Gasteiger charge is -2.08. The monoisotopic (exact) mass is 401 g/mol. The van der Waals surface area contributed by atoms with E-state index < -0.39 is 0 Å². The maximum absolute atomic E-state index is 12.7. The molecule has 3 heterocycles. The molecule has 6 rings (SSSR count). The third kappa shape index (κ3) is 2.81. The Hall–Kier alpha value is -3.16. The van der Waals surface area contributed by atoms with Gasteiger partial charge < -0.3 is 26.1 Å². The number of oxime groups is 1. The topological polar surface area (TPSA) is 86.8 Å². The van der Waals surface area contributed by atoms with Gasteiger partial charge in [-0.3, -0.25) is 4.79 Å². The molecule has 7 nitrogen and oxygen atoms in total. The zero-order valence-electron chi connectivity index (χ0n) is 16.4. The first-order valence-electron chi connectivity index (χ1n) is 10.5. The van der Waals surface area contributed by atoms with E-state index in [1.165, 1.54) is 0 Å². The molecule has 1 amide bonds. The molecule has 2 aromatic rings. The van der Waals surface area contributed by atoms with Gasteiger partial charge in [0.05, 0.1) is 11.3 Å². The summed E-state index contributed by atoms with van der Waals surface area (Å²) in [5.74, 6) is 1.42. The molecular formula is C23H23N5O2. The fourth-order valence-electron chi connectivity index (χ4n) is 4.87. The van der Waals surface area contributed by atoms with Crippen LogP contribution in [0.3, 0.4) is 0 Å². The predicted octanol–water partition coefficient (Wildman–Crippen LogP) is 2.00. The molecule has 0 bridgehead atoms. The second-order valence-electron chi connectivity index (χ2n) is 8.16. The van der Waals surface area contributed by atoms with Crippen LogP contribution in [-0.4, -0.2) is 43.9 Å². The number of hydrogen-bond acceptors (Lipinski definition) is 6. The lowest BCUT2D eigenvalue weighted by molar-refractivity contribution is -0.110. The van der Waals surface area contributed by atoms with Crippen molar-refractivity contribution in [1.29, 1.82) is 0 Å². The number of amides is 1. The van der Waals surface area contributed by atoms with Gasteiger partial charge in [-0.1, -0.05) is 41.6 Å². The number of allylic oxidation sites excluding steroid dienone is 1. The number of nitrogens with zero attached hydrogens (tertiary/aromatic N) is 1. The largest absolute Gasteiger partial charge is 0.394 e. The second kappa shape index (κ2) is 6.97. The van der Waals surface area contributed by atoms with Gasteiger partial charge in [0.25, 0.3) is 5.91 Å². The first-order chi connectivity index (χ1) is 14.8. The first-order valence-corrected chi connectivity index (χ1v) is 10.5. The number of carbonyl (C=O) groups is 1. The van der Waals surface area contributed by atoms with Crippen LogP contribution in [0, 0.1) is 11.8 Å². The molecule has 0 aromatic heterocycles. The first kappa shape index (κ1) is 17.7. The van der Waals surface area contributed by atoms with E-state index >= 15 is 0 Å². The quantitative estimate of drug-likeness (QED) is 0.350. The van der Waals surface area contributed by atoms with Gasteiger partial charge in [0.1, 0.15) is 12.3 Å². The van der Waals surface area contributed by atoms with Crippen LogP contribution in [0.5, 0.6) is 0 Å². The summed E-state index contributed by atoms with van der Waals surface area (Å²) in [6.45, 7) is 3.49. The molecule has 0 radical (unpaired) electrons. The van der Waals surface area contributed by atoms with Gasteiger partial charge in [0, 0.05) is 35.1 Å². The SMILES string of the molecule is O=C1Nc2ccccc2/C1=C1/Nc2ccccc2/C1=N\OCCN[C@H]1[C@@H]2CNC[C@@H]21. The summed E-state index contributed by atoms with van der Waals surface area (Å²) in [4.78, 5) is 18.4. The summed E-state index contributed by atoms with van der Waals surface area (Å²) in [5.41, 5.74) is 5.51. The highest BCUT2D eigenvalue weighted by molar-refractivity contribution is 6.39. The molecule has 4 N–H and O–H groups in total. The highest BCUT2D eigenvalue weighted by Gasteiger charge is 2.52. The molecule has 4 aliphatic rings. The van der Waals surface area contributed by atoms with Crippen LogP contribution in [0.25, 0.3) is 5.57 Å². The van der Waals surface area contributed by atoms with Gasteiger partial charge in [-0.15, -0.1) is 0 Å². The van der Waals surface area contributed by atoms with E-state index in [0.717, 1.165) is 54.0 Å². The van der Waals surface area contributed by atoms with Gasteiger partial charge in [-0.2, -0.15) is 0 Å². The van der Waals surface area contributed by atoms with E-state index in [2.05, 4.69) is 26.4 Å². The van der Waals surface area contributed by atoms with Crippen molar-refractivity contribution in [2.45, 2.75) is 6.04 Å². The average Bonchev–Trinajstić information content (AvgIpc) is 3.13. The highest BCUT2D eigenvalue weighted by atomic mass is 16.6. The minimum absolute atomic E-state index is 0.130. The predicted molar refractivity (Wildman–Crippen MR) is 116 cm³/mol. The number of benzene rings is 2. The molecule has 7 heteroatoms. The van der Waals surface area contributed by atoms with Crippen LogP contribution in [0.4, 0.5) is 11.4 Å². The van der Waals surface area contributed by atoms with E-state index in [9.17, 15) is 4.79 Å². The Labute approximate surface area is 174 Å². The molecule has 1 aliphatic carbocycles. The molecule has 0 unspecified atom stereocenters. The molecule has 1 saturated heterocycles. The summed E-state index contributed by atoms with van der Waals surface area (Å²) in [6.07, 6.45) is 0. The molecule has 2 aromatic carbocycles. The lowest BCUT2D eigenvalue weighted by atomic mass is 10.0. The molecule has 3 aliphatic heterocycles. The average molecular weight is 401 g/mol. The molecule has 152 valence electrons. The van der Waals surface area contributed by atoms with Crippen LogP contribution in [0.1, 0.15) is 11.1 Å². The fourth-order valence-corrected chi connectivity index (χ4v) is 4.87. The molecule has 30 heavy (non-hydrogen) atoms. The summed E-state index contributed by atoms with van der Waals surface area (Å²) < 4.78 is 0. The van der Waals surface area contributed by atoms with Gasteiger partial charge >= 0.3 is 0 Å². The van der Waals surface area contributed by atoms with Crippen molar-refractivity contribution in [2.24, 2.45) is 17.0 Å². The smallest absolute Gasteiger partial charge is 0.258 e. The Morgan fingerprint density at radius 1 is 0.967 bits per heavy atom. The number of anilines is 2. The number of carbonyl (C=O) groups excluding carboxylic acids is 1. The minimum Gasteiger partial charge on any atom is -0.394 e. The van der Waals surface area contributed by atoms with E-state index in [0.29, 0.717) is 29.6 Å². The zero-order chi connectivity index (χ0) is 20.1. The Morgan fingerprint density at radius 2 is 1.67 bits per heavy atom. The Morgan fingerprint density at radius 3 is 2.47 bits per heavy atom. The maximum Gasteiger partial charge on any atom is 0.258 e. The summed E-state index contributed by atoms with van der Waals surface area (Å²) in [7, 11) is 0. The summed E-state index contributed by atoms with van der Waals surface area (Å²) in [6, 6.07) is 16.2. The van der Waals surface area contributed by atoms with Crippen LogP contribution in [0.2, 0.25) is 0 Å². The fraction of sp³-hybridized carbons (Fsp3) is 0.304. The minimum atomic E-state index is -0.130. The zero-order valence-corrected chi connectivity index (χ0v) is 16.4. The molecule has 0 spiro atoms. The normalized spacial score (nSPS) is 29.3. The van der Waals surface area contributed by atoms with Crippen LogP contribution < -0.4 is 21.3 Å². The second-order valence-corrected chi connectivity index (χ2v) is 8.16. The van der Waals surface area contributed by atoms with Gasteiger partial charge in [-0.25, -0.2) is 0 Å². The van der Waals surface area contributed by atoms with Crippen molar-refractivity contribution in [1.82, 2.24) is 10.6 Å². The number of rotatable bonds is 5. The van der Waals surface area contributed by atoms with Crippen molar-refractivity contribution in [3.05, 3.63) is 65.4 Å². The van der Waals surface area contributed by atoms with E-state index in [1.54, 1.807) is 0 Å². The van der Waals surface area contributed by atoms with Crippen molar-refractivity contribution < 1.29 is 9.63 Å². The standard InChI is InChI=1S/C23H23N5O2/c29-23-19(13-5-1-3-7-17(13)27-23)22-21(14-6-2-4-8-18(14)26-22)28-30-10-9-25-20-15-11-24-12-16(15)20/h1-8,15-16,20,24-26H,9-12H2,(H,27,29)/b22-19-,28-21+/t15-,16+,20+. The number of nitrogens with one attached hydrogen (secondary N) is 4. The third-order valence-electron chi connectivity index (χ3n) is 6.42. The van der Waals surface area contributed by atoms with E-state index in [1.807, 2.05) is 48.5 Å². The maximum atomic E-state index is 12.7. The molecular weight excluding hydrogens is 378 g/mol. The third-order valence-corrected chi connectivity index (χ3v) is 6.42. The Balaban J connectivity index is 1.24. The van der Waals surface area contributed by atoms with Gasteiger partial charge in [-0.05, 0) is 37.1 Å². The van der Waals surface area contributed by atoms with E-state index in [4.69, 9.17) is 4.84 Å². The van der Waals surface area contributed by atoms with E-state index in [-0.39, 0.29) is 5.91 Å². The number of hydrogen-bond donors (Lipinski definition) is 4. The lowest BCUT2D eigenvalue weighted by Crippen LogP contribution is -2.29. The molecule has 3 atom stereocenters. The number of para-hydroxylation sites is 2. The Kier molecular flexibility index (Phi) is 4.11. The van der Waals surface area contributed by atoms with Crippen LogP contribution >= 0.6 is 0 Å². The van der Waals surface area contributed by atoms with Crippen LogP contribution in [0.15, 0.2) is 59.4 Å². The van der Waals surface area contributed by atoms with Gasteiger partial charge in [0.2, 0.25) is 0 Å². The highest BCUT2D eigenvalue weighted by Crippen LogP contribution is 2.41. The number of fused-ring (bicyclic) bond motifs is 3. The van der Waals surface area contributed by atoms with Crippen molar-refractivity contribution in [2.75, 3.05) is 36.9 Å². The molecule has 1 saturated carbocycles. The summed E-state index contributed by atoms with van der Waals surface area (Å²) >= 11 is 0. The summed E-state index contributed by atoms with van der Waals surface area (Å²) in [5, 5.41) is 17.7.